The van der Waals surface area contributed by atoms with Gasteiger partial charge in [-0.3, -0.25) is 8.98 Å². The second-order valence-electron chi connectivity index (χ2n) is 1.91. The zero-order chi connectivity index (χ0) is 8.91. The molecule has 0 bridgehead atoms. The molecule has 0 saturated carbocycles. The quantitative estimate of drug-likeness (QED) is 0.570. The van der Waals surface area contributed by atoms with Crippen molar-refractivity contribution in [2.45, 2.75) is 6.92 Å². The molecule has 0 atom stereocenters. The molecule has 0 fully saturated rings. The number of rotatable bonds is 4. The Hall–Kier alpha value is -0.620. The van der Waals surface area contributed by atoms with E-state index < -0.39 is 10.1 Å². The normalized spacial score (nSPS) is 11.1. The Labute approximate surface area is 65.9 Å². The number of nitrogens with one attached hydrogen (secondary N) is 1. The molecule has 0 aliphatic carbocycles. The first-order chi connectivity index (χ1) is 4.98. The van der Waals surface area contributed by atoms with Crippen LogP contribution in [-0.2, 0) is 19.1 Å². The van der Waals surface area contributed by atoms with E-state index in [1.807, 2.05) is 0 Å². The van der Waals surface area contributed by atoms with Gasteiger partial charge in [-0.15, -0.1) is 0 Å². The van der Waals surface area contributed by atoms with Crippen LogP contribution in [0.5, 0.6) is 0 Å². The Morgan fingerprint density at radius 2 is 2.09 bits per heavy atom. The highest BCUT2D eigenvalue weighted by molar-refractivity contribution is 7.86. The average Bonchev–Trinajstić information content (AvgIpc) is 1.87. The van der Waals surface area contributed by atoms with Crippen LogP contribution in [-0.4, -0.2) is 33.7 Å². The zero-order valence-corrected chi connectivity index (χ0v) is 7.27. The number of amides is 1. The first-order valence-corrected chi connectivity index (χ1v) is 4.58. The van der Waals surface area contributed by atoms with Crippen LogP contribution in [0.25, 0.3) is 0 Å². The van der Waals surface area contributed by atoms with Crippen LogP contribution in [0.2, 0.25) is 0 Å². The maximum Gasteiger partial charge on any atom is 0.268 e. The maximum absolute atomic E-state index is 10.6. The molecule has 1 amide bonds. The highest BCUT2D eigenvalue weighted by atomic mass is 32.2. The maximum atomic E-state index is 10.6. The molecule has 66 valence electrons. The van der Waals surface area contributed by atoms with E-state index in [4.69, 9.17) is 0 Å². The molecule has 0 saturated heterocycles. The topological polar surface area (TPSA) is 72.5 Å². The molecule has 0 aromatic heterocycles. The number of carbonyl (C=O) groups is 1. The smallest absolute Gasteiger partial charge is 0.268 e. The molecule has 1 N–H and O–H groups in total. The first-order valence-electron chi connectivity index (χ1n) is 3.00. The number of hydrogen-bond donors (Lipinski definition) is 1. The summed E-state index contributed by atoms with van der Waals surface area (Å²) in [6.07, 6.45) is 0. The molecule has 0 aromatic rings. The van der Waals surface area contributed by atoms with Crippen molar-refractivity contribution in [2.75, 3.05) is 19.4 Å². The minimum Gasteiger partial charge on any atom is -0.355 e. The highest BCUT2D eigenvalue weighted by Gasteiger charge is 2.07. The fourth-order valence-electron chi connectivity index (χ4n) is 0.435. The van der Waals surface area contributed by atoms with Gasteiger partial charge in [0.15, 0.2) is 0 Å². The minimum atomic E-state index is -3.43. The van der Waals surface area contributed by atoms with Crippen LogP contribution in [0.3, 0.4) is 0 Å². The summed E-state index contributed by atoms with van der Waals surface area (Å²) in [4.78, 5) is 10.3. The molecule has 0 unspecified atom stereocenters. The van der Waals surface area contributed by atoms with E-state index in [2.05, 4.69) is 9.50 Å². The van der Waals surface area contributed by atoms with E-state index in [1.165, 1.54) is 6.92 Å². The van der Waals surface area contributed by atoms with Crippen molar-refractivity contribution >= 4 is 16.0 Å². The fourth-order valence-corrected chi connectivity index (χ4v) is 0.954. The van der Waals surface area contributed by atoms with Crippen molar-refractivity contribution < 1.29 is 17.4 Å². The summed E-state index contributed by atoms with van der Waals surface area (Å²) >= 11 is 0. The van der Waals surface area contributed by atoms with Crippen LogP contribution in [0.15, 0.2) is 0 Å². The average molecular weight is 181 g/mol. The third-order valence-corrected chi connectivity index (χ3v) is 2.19. The largest absolute Gasteiger partial charge is 0.355 e. The van der Waals surface area contributed by atoms with E-state index in [9.17, 15) is 13.2 Å². The molecule has 0 heterocycles. The molecule has 0 radical (unpaired) electrons. The van der Waals surface area contributed by atoms with E-state index in [1.54, 1.807) is 0 Å². The van der Waals surface area contributed by atoms with Gasteiger partial charge in [0.1, 0.15) is 0 Å². The van der Waals surface area contributed by atoms with Gasteiger partial charge in [-0.05, 0) is 0 Å². The van der Waals surface area contributed by atoms with Crippen molar-refractivity contribution in [2.24, 2.45) is 0 Å². The molecule has 0 aliphatic heterocycles. The van der Waals surface area contributed by atoms with Crippen molar-refractivity contribution in [3.8, 4) is 0 Å². The summed E-state index contributed by atoms with van der Waals surface area (Å²) in [5.74, 6) is -0.445. The third kappa shape index (κ3) is 5.81. The number of carbonyl (C=O) groups excluding carboxylic acids is 1. The van der Waals surface area contributed by atoms with Crippen LogP contribution in [0.4, 0.5) is 0 Å². The lowest BCUT2D eigenvalue weighted by molar-refractivity contribution is -0.118. The summed E-state index contributed by atoms with van der Waals surface area (Å²) in [6, 6.07) is 0. The highest BCUT2D eigenvalue weighted by Crippen LogP contribution is 1.86. The lowest BCUT2D eigenvalue weighted by Gasteiger charge is -2.00. The van der Waals surface area contributed by atoms with Crippen molar-refractivity contribution in [1.82, 2.24) is 5.32 Å². The molecule has 6 heteroatoms. The van der Waals surface area contributed by atoms with Gasteiger partial charge < -0.3 is 5.32 Å². The summed E-state index contributed by atoms with van der Waals surface area (Å²) < 4.78 is 25.4. The van der Waals surface area contributed by atoms with Gasteiger partial charge in [-0.1, -0.05) is 0 Å². The lowest BCUT2D eigenvalue weighted by Crippen LogP contribution is -2.27. The molecular formula is C5H11NO4S. The molecule has 0 rings (SSSR count). The summed E-state index contributed by atoms with van der Waals surface area (Å²) in [5, 5.41) is 2.34. The van der Waals surface area contributed by atoms with Gasteiger partial charge in [0.25, 0.3) is 10.1 Å². The van der Waals surface area contributed by atoms with Crippen LogP contribution < -0.4 is 5.32 Å². The molecule has 0 spiro atoms. The Bertz CT molecular complexity index is 221. The van der Waals surface area contributed by atoms with E-state index in [0.29, 0.717) is 0 Å². The Morgan fingerprint density at radius 1 is 1.55 bits per heavy atom. The van der Waals surface area contributed by atoms with Crippen LogP contribution >= 0.6 is 0 Å². The third-order valence-electron chi connectivity index (χ3n) is 0.980. The molecular weight excluding hydrogens is 170 g/mol. The Morgan fingerprint density at radius 3 is 2.45 bits per heavy atom. The van der Waals surface area contributed by atoms with Gasteiger partial charge in [-0.25, -0.2) is 0 Å². The molecule has 5 nitrogen and oxygen atoms in total. The van der Waals surface area contributed by atoms with E-state index in [0.717, 1.165) is 7.11 Å². The summed E-state index contributed by atoms with van der Waals surface area (Å²) in [7, 11) is -2.34. The molecule has 0 aliphatic rings. The minimum absolute atomic E-state index is 0.0888. The monoisotopic (exact) mass is 181 g/mol. The molecule has 11 heavy (non-hydrogen) atoms. The van der Waals surface area contributed by atoms with Gasteiger partial charge >= 0.3 is 0 Å². The SMILES string of the molecule is COS(=O)(=O)CCNC(C)=O. The predicted octanol–water partition coefficient (Wildman–Crippen LogP) is -0.901. The second kappa shape index (κ2) is 4.30. The van der Waals surface area contributed by atoms with Gasteiger partial charge in [0.05, 0.1) is 12.9 Å². The second-order valence-corrected chi connectivity index (χ2v) is 3.77. The summed E-state index contributed by atoms with van der Waals surface area (Å²) in [6.45, 7) is 1.41. The lowest BCUT2D eigenvalue weighted by atomic mass is 10.6. The summed E-state index contributed by atoms with van der Waals surface area (Å²) in [5.41, 5.74) is 0. The zero-order valence-electron chi connectivity index (χ0n) is 6.46. The van der Waals surface area contributed by atoms with E-state index >= 15 is 0 Å². The fraction of sp³-hybridized carbons (Fsp3) is 0.800. The van der Waals surface area contributed by atoms with Crippen LogP contribution in [0.1, 0.15) is 6.92 Å². The van der Waals surface area contributed by atoms with Gasteiger partial charge in [0, 0.05) is 13.5 Å². The number of hydrogen-bond acceptors (Lipinski definition) is 4. The van der Waals surface area contributed by atoms with Crippen molar-refractivity contribution in [1.29, 1.82) is 0 Å². The van der Waals surface area contributed by atoms with E-state index in [-0.39, 0.29) is 18.2 Å². The molecule has 0 aromatic carbocycles. The van der Waals surface area contributed by atoms with Gasteiger partial charge in [-0.2, -0.15) is 8.42 Å². The van der Waals surface area contributed by atoms with Crippen molar-refractivity contribution in [3.05, 3.63) is 0 Å². The standard InChI is InChI=1S/C5H11NO4S/c1-5(7)6-3-4-11(8,9)10-2/h3-4H2,1-2H3,(H,6,7). The Kier molecular flexibility index (Phi) is 4.06. The van der Waals surface area contributed by atoms with Crippen LogP contribution in [0, 0.1) is 0 Å². The first kappa shape index (κ1) is 10.4. The Balaban J connectivity index is 3.63. The predicted molar refractivity (Wildman–Crippen MR) is 39.5 cm³/mol. The van der Waals surface area contributed by atoms with Gasteiger partial charge in [0.2, 0.25) is 5.91 Å². The van der Waals surface area contributed by atoms with Crippen molar-refractivity contribution in [3.63, 3.8) is 0 Å².